The molecule has 2 aromatic heterocycles. The summed E-state index contributed by atoms with van der Waals surface area (Å²) >= 11 is 0. The number of aromatic nitrogens is 4. The summed E-state index contributed by atoms with van der Waals surface area (Å²) in [4.78, 5) is 15.9. The molecule has 0 aliphatic heterocycles. The maximum atomic E-state index is 13.6. The standard InChI is InChI=1S/C20H22F3N5O2/c1-13-16(14(2)28(26-13)15-7-5-4-6-8-15)12-25-17(29)11-19(30,20(21,22)23)18-24-9-10-27(18)3/h4-10,30H,11-12H2,1-3H3,(H,25,29). The lowest BCUT2D eigenvalue weighted by molar-refractivity contribution is -0.271. The largest absolute Gasteiger partial charge is 0.425 e. The average molecular weight is 421 g/mol. The number of aliphatic hydroxyl groups is 1. The maximum absolute atomic E-state index is 13.6. The van der Waals surface area contributed by atoms with Gasteiger partial charge in [0.05, 0.1) is 17.8 Å². The maximum Gasteiger partial charge on any atom is 0.425 e. The number of hydrogen-bond donors (Lipinski definition) is 2. The Morgan fingerprint density at radius 1 is 1.20 bits per heavy atom. The Labute approximate surface area is 171 Å². The number of nitrogens with one attached hydrogen (secondary N) is 1. The molecule has 7 nitrogen and oxygen atoms in total. The van der Waals surface area contributed by atoms with Gasteiger partial charge in [0.15, 0.2) is 5.82 Å². The van der Waals surface area contributed by atoms with Gasteiger partial charge in [-0.1, -0.05) is 18.2 Å². The number of carbonyl (C=O) groups excluding carboxylic acids is 1. The summed E-state index contributed by atoms with van der Waals surface area (Å²) in [7, 11) is 1.32. The van der Waals surface area contributed by atoms with E-state index in [1.165, 1.54) is 13.2 Å². The second kappa shape index (κ2) is 7.94. The number of amides is 1. The van der Waals surface area contributed by atoms with Crippen molar-refractivity contribution in [1.82, 2.24) is 24.6 Å². The van der Waals surface area contributed by atoms with Crippen LogP contribution in [0.3, 0.4) is 0 Å². The fourth-order valence-electron chi connectivity index (χ4n) is 3.30. The summed E-state index contributed by atoms with van der Waals surface area (Å²) in [6.45, 7) is 3.56. The predicted octanol–water partition coefficient (Wildman–Crippen LogP) is 2.68. The van der Waals surface area contributed by atoms with Gasteiger partial charge in [0, 0.05) is 37.2 Å². The third-order valence-electron chi connectivity index (χ3n) is 4.98. The number of alkyl halides is 3. The van der Waals surface area contributed by atoms with Gasteiger partial charge in [-0.3, -0.25) is 4.79 Å². The monoisotopic (exact) mass is 421 g/mol. The molecular weight excluding hydrogens is 399 g/mol. The molecule has 1 atom stereocenters. The van der Waals surface area contributed by atoms with Crippen LogP contribution < -0.4 is 5.32 Å². The highest BCUT2D eigenvalue weighted by Gasteiger charge is 2.58. The summed E-state index contributed by atoms with van der Waals surface area (Å²) in [6.07, 6.45) is -3.87. The second-order valence-corrected chi connectivity index (χ2v) is 7.07. The first-order chi connectivity index (χ1) is 14.0. The third-order valence-corrected chi connectivity index (χ3v) is 4.98. The van der Waals surface area contributed by atoms with Crippen LogP contribution in [0.15, 0.2) is 42.7 Å². The smallest absolute Gasteiger partial charge is 0.374 e. The molecule has 10 heteroatoms. The molecule has 160 valence electrons. The number of nitrogens with zero attached hydrogens (tertiary/aromatic N) is 4. The van der Waals surface area contributed by atoms with E-state index in [0.29, 0.717) is 11.3 Å². The van der Waals surface area contributed by atoms with Crippen LogP contribution in [0, 0.1) is 13.8 Å². The van der Waals surface area contributed by atoms with E-state index >= 15 is 0 Å². The summed E-state index contributed by atoms with van der Waals surface area (Å²) in [5.41, 5.74) is -0.467. The van der Waals surface area contributed by atoms with Gasteiger partial charge in [0.2, 0.25) is 11.5 Å². The molecule has 0 spiro atoms. The van der Waals surface area contributed by atoms with Gasteiger partial charge in [0.25, 0.3) is 0 Å². The van der Waals surface area contributed by atoms with Crippen LogP contribution in [-0.2, 0) is 24.0 Å². The fourth-order valence-corrected chi connectivity index (χ4v) is 3.30. The number of carbonyl (C=O) groups is 1. The lowest BCUT2D eigenvalue weighted by atomic mass is 9.97. The minimum absolute atomic E-state index is 0.0160. The number of para-hydroxylation sites is 1. The van der Waals surface area contributed by atoms with Crippen molar-refractivity contribution in [3.8, 4) is 5.69 Å². The van der Waals surface area contributed by atoms with Gasteiger partial charge >= 0.3 is 6.18 Å². The molecule has 0 saturated carbocycles. The van der Waals surface area contributed by atoms with E-state index in [0.717, 1.165) is 22.1 Å². The number of imidazole rings is 1. The molecule has 30 heavy (non-hydrogen) atoms. The number of aryl methyl sites for hydroxylation is 2. The van der Waals surface area contributed by atoms with Crippen LogP contribution in [-0.4, -0.2) is 36.5 Å². The van der Waals surface area contributed by atoms with Crippen LogP contribution in [0.25, 0.3) is 5.69 Å². The molecule has 0 bridgehead atoms. The van der Waals surface area contributed by atoms with E-state index in [-0.39, 0.29) is 6.54 Å². The molecule has 2 N–H and O–H groups in total. The molecule has 1 unspecified atom stereocenters. The van der Waals surface area contributed by atoms with Crippen LogP contribution in [0.1, 0.15) is 29.2 Å². The van der Waals surface area contributed by atoms with Crippen molar-refractivity contribution in [2.45, 2.75) is 38.6 Å². The fraction of sp³-hybridized carbons (Fsp3) is 0.350. The molecule has 3 aromatic rings. The van der Waals surface area contributed by atoms with Crippen molar-refractivity contribution in [3.05, 3.63) is 65.5 Å². The Bertz CT molecular complexity index is 1040. The van der Waals surface area contributed by atoms with E-state index < -0.39 is 29.9 Å². The molecule has 0 fully saturated rings. The van der Waals surface area contributed by atoms with Gasteiger partial charge in [-0.15, -0.1) is 0 Å². The number of rotatable bonds is 6. The van der Waals surface area contributed by atoms with E-state index in [9.17, 15) is 23.1 Å². The summed E-state index contributed by atoms with van der Waals surface area (Å²) < 4.78 is 43.5. The normalized spacial score (nSPS) is 13.8. The van der Waals surface area contributed by atoms with E-state index in [2.05, 4.69) is 15.4 Å². The lowest BCUT2D eigenvalue weighted by Crippen LogP contribution is -2.47. The van der Waals surface area contributed by atoms with Crippen LogP contribution >= 0.6 is 0 Å². The van der Waals surface area contributed by atoms with Gasteiger partial charge in [-0.05, 0) is 26.0 Å². The van der Waals surface area contributed by atoms with Crippen molar-refractivity contribution in [2.24, 2.45) is 7.05 Å². The number of hydrogen-bond acceptors (Lipinski definition) is 4. The van der Waals surface area contributed by atoms with Crippen molar-refractivity contribution in [1.29, 1.82) is 0 Å². The Morgan fingerprint density at radius 3 is 2.43 bits per heavy atom. The molecular formula is C20H22F3N5O2. The first-order valence-corrected chi connectivity index (χ1v) is 9.18. The molecule has 1 amide bonds. The Hall–Kier alpha value is -3.14. The van der Waals surface area contributed by atoms with Gasteiger partial charge in [-0.25, -0.2) is 9.67 Å². The Balaban J connectivity index is 1.77. The van der Waals surface area contributed by atoms with Crippen LogP contribution in [0.5, 0.6) is 0 Å². The van der Waals surface area contributed by atoms with Crippen molar-refractivity contribution < 1.29 is 23.1 Å². The summed E-state index contributed by atoms with van der Waals surface area (Å²) in [5, 5.41) is 17.2. The quantitative estimate of drug-likeness (QED) is 0.641. The minimum Gasteiger partial charge on any atom is -0.374 e. The van der Waals surface area contributed by atoms with Crippen molar-refractivity contribution in [3.63, 3.8) is 0 Å². The molecule has 0 radical (unpaired) electrons. The third kappa shape index (κ3) is 3.95. The van der Waals surface area contributed by atoms with E-state index in [1.54, 1.807) is 11.6 Å². The Morgan fingerprint density at radius 2 is 1.87 bits per heavy atom. The highest BCUT2D eigenvalue weighted by molar-refractivity contribution is 5.77. The molecule has 1 aromatic carbocycles. The highest BCUT2D eigenvalue weighted by atomic mass is 19.4. The highest BCUT2D eigenvalue weighted by Crippen LogP contribution is 2.40. The zero-order valence-corrected chi connectivity index (χ0v) is 16.7. The topological polar surface area (TPSA) is 85.0 Å². The lowest BCUT2D eigenvalue weighted by Gasteiger charge is -2.29. The Kier molecular flexibility index (Phi) is 5.71. The van der Waals surface area contributed by atoms with Crippen LogP contribution in [0.4, 0.5) is 13.2 Å². The first kappa shape index (κ1) is 21.6. The molecule has 3 rings (SSSR count). The van der Waals surface area contributed by atoms with Crippen molar-refractivity contribution >= 4 is 5.91 Å². The van der Waals surface area contributed by atoms with Gasteiger partial charge in [-0.2, -0.15) is 18.3 Å². The van der Waals surface area contributed by atoms with Gasteiger partial charge < -0.3 is 15.0 Å². The summed E-state index contributed by atoms with van der Waals surface area (Å²) in [5.74, 6) is -1.60. The molecule has 2 heterocycles. The number of benzene rings is 1. The minimum atomic E-state index is -5.08. The molecule has 0 aliphatic rings. The van der Waals surface area contributed by atoms with Crippen LogP contribution in [0.2, 0.25) is 0 Å². The summed E-state index contributed by atoms with van der Waals surface area (Å²) in [6, 6.07) is 9.35. The average Bonchev–Trinajstić information content (AvgIpc) is 3.23. The van der Waals surface area contributed by atoms with Gasteiger partial charge in [0.1, 0.15) is 0 Å². The van der Waals surface area contributed by atoms with E-state index in [4.69, 9.17) is 0 Å². The SMILES string of the molecule is Cc1nn(-c2ccccc2)c(C)c1CNC(=O)CC(O)(c1nccn1C)C(F)(F)F. The van der Waals surface area contributed by atoms with Crippen molar-refractivity contribution in [2.75, 3.05) is 0 Å². The predicted molar refractivity (Wildman–Crippen MR) is 103 cm³/mol. The first-order valence-electron chi connectivity index (χ1n) is 9.18. The molecule has 0 saturated heterocycles. The van der Waals surface area contributed by atoms with E-state index in [1.807, 2.05) is 37.3 Å². The molecule has 0 aliphatic carbocycles. The number of halogens is 3. The zero-order valence-electron chi connectivity index (χ0n) is 16.7. The zero-order chi connectivity index (χ0) is 22.1. The second-order valence-electron chi connectivity index (χ2n) is 7.07.